The van der Waals surface area contributed by atoms with E-state index in [1.165, 1.54) is 19.2 Å². The molecule has 0 unspecified atom stereocenters. The molecule has 0 radical (unpaired) electrons. The van der Waals surface area contributed by atoms with Gasteiger partial charge in [0, 0.05) is 34.5 Å². The molecule has 0 aliphatic carbocycles. The molecule has 0 saturated heterocycles. The van der Waals surface area contributed by atoms with Crippen LogP contribution in [-0.4, -0.2) is 22.9 Å². The average molecular weight is 453 g/mol. The van der Waals surface area contributed by atoms with Crippen molar-refractivity contribution in [2.75, 3.05) is 12.4 Å². The number of hydrogen-bond donors (Lipinski definition) is 2. The highest BCUT2D eigenvalue weighted by molar-refractivity contribution is 6.10. The monoisotopic (exact) mass is 453 g/mol. The van der Waals surface area contributed by atoms with E-state index in [0.29, 0.717) is 11.0 Å². The number of aromatic amines is 1. The van der Waals surface area contributed by atoms with E-state index in [2.05, 4.69) is 15.3 Å². The number of hydrogen-bond acceptors (Lipinski definition) is 5. The molecule has 2 aromatic heterocycles. The number of methoxy groups -OCH3 is 1. The molecule has 3 aromatic carbocycles. The van der Waals surface area contributed by atoms with E-state index in [1.807, 2.05) is 48.5 Å². The molecule has 0 fully saturated rings. The van der Waals surface area contributed by atoms with Crippen molar-refractivity contribution in [2.24, 2.45) is 0 Å². The van der Waals surface area contributed by atoms with Gasteiger partial charge in [-0.15, -0.1) is 0 Å². The summed E-state index contributed by atoms with van der Waals surface area (Å²) in [5.41, 5.74) is 2.59. The molecule has 0 saturated carbocycles. The maximum atomic E-state index is 14.2. The first-order chi connectivity index (χ1) is 16.5. The molecule has 0 amide bonds. The highest BCUT2D eigenvalue weighted by atomic mass is 19.1. The van der Waals surface area contributed by atoms with E-state index in [9.17, 15) is 14.0 Å². The van der Waals surface area contributed by atoms with Gasteiger partial charge in [-0.2, -0.15) is 0 Å². The van der Waals surface area contributed by atoms with Gasteiger partial charge >= 0.3 is 0 Å². The van der Waals surface area contributed by atoms with Gasteiger partial charge in [0.05, 0.1) is 18.4 Å². The van der Waals surface area contributed by atoms with E-state index >= 15 is 0 Å². The fraction of sp³-hybridized carbons (Fsp3) is 0.0741. The number of pyridine rings is 2. The second-order valence-electron chi connectivity index (χ2n) is 7.82. The van der Waals surface area contributed by atoms with Crippen LogP contribution in [0.15, 0.2) is 83.8 Å². The number of fused-ring (bicyclic) bond motifs is 3. The second kappa shape index (κ2) is 8.78. The SMILES string of the molecule is COc1cccc(F)c1C(=O)Cc1ccc(Nc2ccnc3[nH]c(=O)c4ccccc4c23)cc1. The van der Waals surface area contributed by atoms with E-state index in [-0.39, 0.29) is 29.1 Å². The fourth-order valence-electron chi connectivity index (χ4n) is 4.09. The van der Waals surface area contributed by atoms with Crippen LogP contribution in [0.4, 0.5) is 15.8 Å². The summed E-state index contributed by atoms with van der Waals surface area (Å²) in [6, 6.07) is 20.9. The van der Waals surface area contributed by atoms with Gasteiger partial charge in [-0.25, -0.2) is 9.37 Å². The Balaban J connectivity index is 1.43. The lowest BCUT2D eigenvalue weighted by molar-refractivity contribution is 0.0986. The van der Waals surface area contributed by atoms with Crippen molar-refractivity contribution < 1.29 is 13.9 Å². The number of Topliss-reactive ketones (excluding diaryl/α,β-unsaturated/α-hetero) is 1. The van der Waals surface area contributed by atoms with E-state index in [0.717, 1.165) is 27.7 Å². The first-order valence-electron chi connectivity index (χ1n) is 10.7. The first-order valence-corrected chi connectivity index (χ1v) is 10.7. The number of carbonyl (C=O) groups excluding carboxylic acids is 1. The van der Waals surface area contributed by atoms with Crippen LogP contribution in [0.5, 0.6) is 5.75 Å². The standard InChI is InChI=1S/C27H20FN3O3/c1-34-23-8-4-7-20(28)25(23)22(32)15-16-9-11-17(12-10-16)30-21-13-14-29-26-24(21)18-5-2-3-6-19(18)27(33)31-26/h2-14H,15H2,1H3,(H2,29,30,31,33). The van der Waals surface area contributed by atoms with E-state index < -0.39 is 5.82 Å². The van der Waals surface area contributed by atoms with Gasteiger partial charge in [0.25, 0.3) is 5.56 Å². The minimum Gasteiger partial charge on any atom is -0.496 e. The number of aromatic nitrogens is 2. The Kier molecular flexibility index (Phi) is 5.51. The van der Waals surface area contributed by atoms with Crippen LogP contribution in [-0.2, 0) is 6.42 Å². The number of nitrogens with one attached hydrogen (secondary N) is 2. The molecule has 0 spiro atoms. The van der Waals surface area contributed by atoms with Crippen molar-refractivity contribution in [3.05, 3.63) is 106 Å². The summed E-state index contributed by atoms with van der Waals surface area (Å²) in [5, 5.41) is 5.57. The zero-order valence-corrected chi connectivity index (χ0v) is 18.3. The quantitative estimate of drug-likeness (QED) is 0.266. The minimum atomic E-state index is -0.600. The largest absolute Gasteiger partial charge is 0.496 e. The van der Waals surface area contributed by atoms with Gasteiger partial charge in [-0.1, -0.05) is 36.4 Å². The summed E-state index contributed by atoms with van der Waals surface area (Å²) in [5.74, 6) is -0.734. The topological polar surface area (TPSA) is 84.1 Å². The highest BCUT2D eigenvalue weighted by Gasteiger charge is 2.18. The lowest BCUT2D eigenvalue weighted by atomic mass is 10.0. The van der Waals surface area contributed by atoms with Crippen molar-refractivity contribution in [1.29, 1.82) is 0 Å². The normalized spacial score (nSPS) is 11.0. The molecule has 2 N–H and O–H groups in total. The van der Waals surface area contributed by atoms with Gasteiger partial charge in [0.15, 0.2) is 5.78 Å². The molecular weight excluding hydrogens is 433 g/mol. The lowest BCUT2D eigenvalue weighted by Gasteiger charge is -2.12. The number of carbonyl (C=O) groups is 1. The Morgan fingerprint density at radius 2 is 1.76 bits per heavy atom. The number of H-pyrrole nitrogens is 1. The zero-order chi connectivity index (χ0) is 23.7. The molecule has 6 nitrogen and oxygen atoms in total. The Morgan fingerprint density at radius 1 is 1.00 bits per heavy atom. The average Bonchev–Trinajstić information content (AvgIpc) is 2.85. The van der Waals surface area contributed by atoms with Crippen molar-refractivity contribution in [3.8, 4) is 5.75 Å². The summed E-state index contributed by atoms with van der Waals surface area (Å²) >= 11 is 0. The minimum absolute atomic E-state index is 0.0433. The van der Waals surface area contributed by atoms with Gasteiger partial charge < -0.3 is 15.0 Å². The predicted molar refractivity (Wildman–Crippen MR) is 131 cm³/mol. The van der Waals surface area contributed by atoms with E-state index in [4.69, 9.17) is 4.74 Å². The van der Waals surface area contributed by atoms with E-state index in [1.54, 1.807) is 18.3 Å². The summed E-state index contributed by atoms with van der Waals surface area (Å²) in [4.78, 5) is 32.2. The van der Waals surface area contributed by atoms with Crippen LogP contribution in [0.3, 0.4) is 0 Å². The van der Waals surface area contributed by atoms with Crippen molar-refractivity contribution in [1.82, 2.24) is 9.97 Å². The Bertz CT molecular complexity index is 1590. The molecule has 0 bridgehead atoms. The summed E-state index contributed by atoms with van der Waals surface area (Å²) in [6.45, 7) is 0. The third-order valence-corrected chi connectivity index (χ3v) is 5.70. The van der Waals surface area contributed by atoms with Crippen LogP contribution in [0.2, 0.25) is 0 Å². The number of nitrogens with zero attached hydrogens (tertiary/aromatic N) is 1. The highest BCUT2D eigenvalue weighted by Crippen LogP contribution is 2.30. The number of halogens is 1. The number of anilines is 2. The van der Waals surface area contributed by atoms with Crippen molar-refractivity contribution in [2.45, 2.75) is 6.42 Å². The van der Waals surface area contributed by atoms with Crippen LogP contribution in [0, 0.1) is 5.82 Å². The number of rotatable bonds is 6. The van der Waals surface area contributed by atoms with Gasteiger partial charge in [-0.05, 0) is 42.0 Å². The van der Waals surface area contributed by atoms with Crippen LogP contribution >= 0.6 is 0 Å². The number of benzene rings is 3. The number of ether oxygens (including phenoxy) is 1. The van der Waals surface area contributed by atoms with Gasteiger partial charge in [-0.3, -0.25) is 9.59 Å². The molecule has 5 aromatic rings. The molecule has 7 heteroatoms. The lowest BCUT2D eigenvalue weighted by Crippen LogP contribution is -2.09. The molecular formula is C27H20FN3O3. The second-order valence-corrected chi connectivity index (χ2v) is 7.82. The molecule has 168 valence electrons. The van der Waals surface area contributed by atoms with Crippen LogP contribution in [0.25, 0.3) is 21.8 Å². The first kappa shape index (κ1) is 21.3. The maximum Gasteiger partial charge on any atom is 0.257 e. The third kappa shape index (κ3) is 3.88. The predicted octanol–water partition coefficient (Wildman–Crippen LogP) is 5.39. The Labute approximate surface area is 194 Å². The maximum absolute atomic E-state index is 14.2. The Morgan fingerprint density at radius 3 is 2.53 bits per heavy atom. The summed E-state index contributed by atoms with van der Waals surface area (Å²) < 4.78 is 19.4. The van der Waals surface area contributed by atoms with Crippen LogP contribution < -0.4 is 15.6 Å². The summed E-state index contributed by atoms with van der Waals surface area (Å²) in [6.07, 6.45) is 1.67. The van der Waals surface area contributed by atoms with Crippen molar-refractivity contribution >= 4 is 39.0 Å². The molecule has 34 heavy (non-hydrogen) atoms. The van der Waals surface area contributed by atoms with Gasteiger partial charge in [0.1, 0.15) is 17.2 Å². The molecule has 0 atom stereocenters. The zero-order valence-electron chi connectivity index (χ0n) is 18.3. The molecule has 2 heterocycles. The summed E-state index contributed by atoms with van der Waals surface area (Å²) in [7, 11) is 1.41. The third-order valence-electron chi connectivity index (χ3n) is 5.70. The molecule has 5 rings (SSSR count). The van der Waals surface area contributed by atoms with Gasteiger partial charge in [0.2, 0.25) is 0 Å². The number of ketones is 1. The van der Waals surface area contributed by atoms with Crippen molar-refractivity contribution in [3.63, 3.8) is 0 Å². The Hall–Kier alpha value is -4.52. The molecule has 0 aliphatic heterocycles. The fourth-order valence-corrected chi connectivity index (χ4v) is 4.09. The molecule has 0 aliphatic rings. The van der Waals surface area contributed by atoms with Crippen LogP contribution in [0.1, 0.15) is 15.9 Å². The smallest absolute Gasteiger partial charge is 0.257 e.